The second kappa shape index (κ2) is 5.61. The van der Waals surface area contributed by atoms with Crippen molar-refractivity contribution in [3.05, 3.63) is 29.3 Å². The fraction of sp³-hybridized carbons (Fsp3) is 0. The Morgan fingerprint density at radius 2 is 1.65 bits per heavy atom. The Labute approximate surface area is 118 Å². The number of rotatable bonds is 3. The van der Waals surface area contributed by atoms with Crippen LogP contribution in [0.25, 0.3) is 0 Å². The van der Waals surface area contributed by atoms with E-state index in [1.165, 1.54) is 0 Å². The summed E-state index contributed by atoms with van der Waals surface area (Å²) >= 11 is 0. The third-order valence-corrected chi connectivity index (χ3v) is 2.60. The number of hydrogen-bond acceptors (Lipinski definition) is 5. The predicted molar refractivity (Wildman–Crippen MR) is 48.3 cm³/mol. The molecule has 0 bridgehead atoms. The van der Waals surface area contributed by atoms with E-state index < -0.39 is 38.1 Å². The van der Waals surface area contributed by atoms with Gasteiger partial charge in [0, 0.05) is 0 Å². The summed E-state index contributed by atoms with van der Waals surface area (Å²) in [6.07, 6.45) is 0. The minimum Gasteiger partial charge on any atom is -0.744 e. The zero-order valence-electron chi connectivity index (χ0n) is 8.58. The third-order valence-electron chi connectivity index (χ3n) is 1.73. The van der Waals surface area contributed by atoms with Crippen LogP contribution in [-0.2, 0) is 10.1 Å². The van der Waals surface area contributed by atoms with E-state index in [2.05, 4.69) is 0 Å². The van der Waals surface area contributed by atoms with Gasteiger partial charge in [0.2, 0.25) is 0 Å². The first-order valence-electron chi connectivity index (χ1n) is 3.80. The average molecular weight is 268 g/mol. The molecule has 0 aliphatic heterocycles. The molecule has 0 heterocycles. The van der Waals surface area contributed by atoms with Gasteiger partial charge < -0.3 is 14.8 Å². The van der Waals surface area contributed by atoms with E-state index in [0.29, 0.717) is 6.07 Å². The van der Waals surface area contributed by atoms with Crippen LogP contribution in [0.4, 0.5) is 0 Å². The Morgan fingerprint density at radius 1 is 1.12 bits per heavy atom. The van der Waals surface area contributed by atoms with Gasteiger partial charge in [-0.25, -0.2) is 18.0 Å². The number of carboxylic acids is 2. The number of carbonyl (C=O) groups is 2. The molecule has 9 heteroatoms. The van der Waals surface area contributed by atoms with Crippen molar-refractivity contribution in [1.29, 1.82) is 0 Å². The maximum Gasteiger partial charge on any atom is 1.00 e. The first-order chi connectivity index (χ1) is 7.23. The molecule has 0 unspecified atom stereocenters. The van der Waals surface area contributed by atoms with Crippen LogP contribution in [0.5, 0.6) is 0 Å². The minimum atomic E-state index is -5.03. The van der Waals surface area contributed by atoms with Crippen LogP contribution < -0.4 is 29.6 Å². The van der Waals surface area contributed by atoms with Gasteiger partial charge in [0.05, 0.1) is 16.0 Å². The normalized spacial score (nSPS) is 10.4. The van der Waals surface area contributed by atoms with Gasteiger partial charge in [0.15, 0.2) is 0 Å². The van der Waals surface area contributed by atoms with Crippen LogP contribution in [0.1, 0.15) is 20.7 Å². The van der Waals surface area contributed by atoms with E-state index in [-0.39, 0.29) is 29.6 Å². The number of aromatic carboxylic acids is 2. The maximum atomic E-state index is 10.7. The molecular weight excluding hydrogens is 263 g/mol. The summed E-state index contributed by atoms with van der Waals surface area (Å²) in [5, 5.41) is 17.2. The quantitative estimate of drug-likeness (QED) is 0.440. The zero-order valence-corrected chi connectivity index (χ0v) is 11.4. The average Bonchev–Trinajstić information content (AvgIpc) is 2.15. The van der Waals surface area contributed by atoms with Crippen LogP contribution in [0.2, 0.25) is 0 Å². The van der Waals surface area contributed by atoms with Crippen molar-refractivity contribution < 1.29 is 62.3 Å². The second-order valence-electron chi connectivity index (χ2n) is 2.78. The Balaban J connectivity index is 0.00000256. The van der Waals surface area contributed by atoms with E-state index in [9.17, 15) is 22.6 Å². The molecule has 0 aromatic heterocycles. The molecule has 7 nitrogen and oxygen atoms in total. The van der Waals surface area contributed by atoms with E-state index >= 15 is 0 Å². The molecule has 0 spiro atoms. The number of carboxylic acid groups (broad SMARTS) is 2. The van der Waals surface area contributed by atoms with E-state index in [1.54, 1.807) is 0 Å². The van der Waals surface area contributed by atoms with Gasteiger partial charge in [0.1, 0.15) is 10.1 Å². The SMILES string of the molecule is O=C(O)c1ccc(C(=O)O)c(S(=O)(=O)[O-])c1.[Na+]. The van der Waals surface area contributed by atoms with Crippen molar-refractivity contribution in [3.8, 4) is 0 Å². The van der Waals surface area contributed by atoms with Crippen molar-refractivity contribution in [2.75, 3.05) is 0 Å². The summed E-state index contributed by atoms with van der Waals surface area (Å²) in [7, 11) is -5.03. The summed E-state index contributed by atoms with van der Waals surface area (Å²) in [6.45, 7) is 0. The van der Waals surface area contributed by atoms with Crippen LogP contribution in [-0.4, -0.2) is 35.1 Å². The first-order valence-corrected chi connectivity index (χ1v) is 5.21. The molecule has 0 aliphatic rings. The monoisotopic (exact) mass is 268 g/mol. The molecule has 1 aromatic rings. The van der Waals surface area contributed by atoms with Gasteiger partial charge in [-0.2, -0.15) is 0 Å². The van der Waals surface area contributed by atoms with Crippen molar-refractivity contribution in [2.24, 2.45) is 0 Å². The predicted octanol–water partition coefficient (Wildman–Crippen LogP) is -3.01. The fourth-order valence-electron chi connectivity index (χ4n) is 1.04. The van der Waals surface area contributed by atoms with E-state index in [1.807, 2.05) is 0 Å². The third kappa shape index (κ3) is 3.79. The summed E-state index contributed by atoms with van der Waals surface area (Å²) in [5.74, 6) is -3.08. The van der Waals surface area contributed by atoms with E-state index in [0.717, 1.165) is 12.1 Å². The Hall–Kier alpha value is -0.930. The molecular formula is C8H5NaO7S. The Kier molecular flexibility index (Phi) is 5.30. The van der Waals surface area contributed by atoms with Crippen molar-refractivity contribution in [2.45, 2.75) is 4.90 Å². The van der Waals surface area contributed by atoms with Crippen LogP contribution >= 0.6 is 0 Å². The van der Waals surface area contributed by atoms with Gasteiger partial charge in [-0.1, -0.05) is 0 Å². The van der Waals surface area contributed by atoms with Crippen molar-refractivity contribution in [3.63, 3.8) is 0 Å². The van der Waals surface area contributed by atoms with Gasteiger partial charge in [-0.05, 0) is 18.2 Å². The van der Waals surface area contributed by atoms with E-state index in [4.69, 9.17) is 10.2 Å². The maximum absolute atomic E-state index is 10.7. The number of benzene rings is 1. The molecule has 1 aromatic carbocycles. The van der Waals surface area contributed by atoms with Crippen molar-refractivity contribution >= 4 is 22.1 Å². The zero-order chi connectivity index (χ0) is 12.5. The molecule has 0 aliphatic carbocycles. The number of hydrogen-bond donors (Lipinski definition) is 2. The van der Waals surface area contributed by atoms with Gasteiger partial charge in [0.25, 0.3) is 0 Å². The Bertz CT molecular complexity index is 563. The smallest absolute Gasteiger partial charge is 0.744 e. The van der Waals surface area contributed by atoms with Crippen LogP contribution in [0.3, 0.4) is 0 Å². The second-order valence-corrected chi connectivity index (χ2v) is 4.12. The van der Waals surface area contributed by atoms with Gasteiger partial charge in [-0.15, -0.1) is 0 Å². The first kappa shape index (κ1) is 16.1. The standard InChI is InChI=1S/C8H6O7S.Na/c9-7(10)4-1-2-5(8(11)12)6(3-4)16(13,14)15;/h1-3H,(H,9,10)(H,11,12)(H,13,14,15);/q;+1/p-1. The summed E-state index contributed by atoms with van der Waals surface area (Å²) in [6, 6.07) is 2.19. The van der Waals surface area contributed by atoms with Crippen molar-refractivity contribution in [1.82, 2.24) is 0 Å². The molecule has 17 heavy (non-hydrogen) atoms. The summed E-state index contributed by atoms with van der Waals surface area (Å²) in [4.78, 5) is 20.1. The molecule has 86 valence electrons. The minimum absolute atomic E-state index is 0. The summed E-state index contributed by atoms with van der Waals surface area (Å²) < 4.78 is 32.2. The molecule has 2 N–H and O–H groups in total. The molecule has 0 fully saturated rings. The molecule has 0 radical (unpaired) electrons. The van der Waals surface area contributed by atoms with Gasteiger partial charge in [-0.3, -0.25) is 0 Å². The topological polar surface area (TPSA) is 132 Å². The molecule has 0 saturated heterocycles. The molecule has 0 atom stereocenters. The summed E-state index contributed by atoms with van der Waals surface area (Å²) in [5.41, 5.74) is -1.22. The Morgan fingerprint density at radius 3 is 2.00 bits per heavy atom. The van der Waals surface area contributed by atoms with Crippen LogP contribution in [0.15, 0.2) is 23.1 Å². The van der Waals surface area contributed by atoms with Gasteiger partial charge >= 0.3 is 41.5 Å². The molecule has 1 rings (SSSR count). The fourth-order valence-corrected chi connectivity index (χ4v) is 1.73. The largest absolute Gasteiger partial charge is 1.00 e. The van der Waals surface area contributed by atoms with Crippen LogP contribution in [0, 0.1) is 0 Å². The molecule has 0 amide bonds. The molecule has 0 saturated carbocycles.